The zero-order chi connectivity index (χ0) is 11.7. The van der Waals surface area contributed by atoms with Crippen molar-refractivity contribution in [2.75, 3.05) is 6.61 Å². The molecule has 0 aromatic carbocycles. The van der Waals surface area contributed by atoms with Gasteiger partial charge in [0.25, 0.3) is 0 Å². The van der Waals surface area contributed by atoms with Crippen molar-refractivity contribution in [3.63, 3.8) is 0 Å². The van der Waals surface area contributed by atoms with Crippen molar-refractivity contribution in [3.8, 4) is 0 Å². The molecule has 1 saturated heterocycles. The molecular weight excluding hydrogens is 236 g/mol. The molecule has 2 aliphatic heterocycles. The van der Waals surface area contributed by atoms with Crippen LogP contribution in [0.5, 0.6) is 0 Å². The van der Waals surface area contributed by atoms with Gasteiger partial charge in [-0.25, -0.2) is 15.7 Å². The Kier molecular flexibility index (Phi) is 2.90. The largest absolute Gasteiger partial charge is 0.508 e. The van der Waals surface area contributed by atoms with Crippen molar-refractivity contribution in [2.45, 2.75) is 43.0 Å². The van der Waals surface area contributed by atoms with Crippen LogP contribution in [0.15, 0.2) is 23.0 Å². The predicted molar refractivity (Wildman–Crippen MR) is 69.3 cm³/mol. The third kappa shape index (κ3) is 1.88. The predicted octanol–water partition coefficient (Wildman–Crippen LogP) is 3.27. The quantitative estimate of drug-likeness (QED) is 0.607. The summed E-state index contributed by atoms with van der Waals surface area (Å²) in [5.74, 6) is 0. The van der Waals surface area contributed by atoms with Crippen molar-refractivity contribution >= 4 is 17.1 Å². The maximum Gasteiger partial charge on any atom is 0.508 e. The molecule has 2 heterocycles. The second-order valence-corrected chi connectivity index (χ2v) is 7.22. The summed E-state index contributed by atoms with van der Waals surface area (Å²) in [6, 6.07) is 0. The lowest BCUT2D eigenvalue weighted by Crippen LogP contribution is -2.44. The van der Waals surface area contributed by atoms with Crippen LogP contribution in [0, 0.1) is 0 Å². The summed E-state index contributed by atoms with van der Waals surface area (Å²) in [7, 11) is -0.296. The second-order valence-electron chi connectivity index (χ2n) is 4.92. The number of allylic oxidation sites excluding steroid dienone is 2. The Labute approximate surface area is 104 Å². The van der Waals surface area contributed by atoms with Gasteiger partial charge in [0.15, 0.2) is 6.10 Å². The van der Waals surface area contributed by atoms with Crippen LogP contribution < -0.4 is 0 Å². The molecule has 0 spiro atoms. The molecule has 1 saturated carbocycles. The van der Waals surface area contributed by atoms with E-state index >= 15 is 0 Å². The number of hydrogen-bond acceptors (Lipinski definition) is 3. The van der Waals surface area contributed by atoms with Crippen molar-refractivity contribution in [1.29, 1.82) is 0 Å². The zero-order valence-corrected chi connectivity index (χ0v) is 10.7. The Morgan fingerprint density at radius 2 is 1.88 bits per heavy atom. The normalized spacial score (nSPS) is 32.6. The van der Waals surface area contributed by atoms with Crippen molar-refractivity contribution in [1.82, 2.24) is 0 Å². The van der Waals surface area contributed by atoms with Gasteiger partial charge in [-0.15, -0.1) is 0 Å². The fraction of sp³-hybridized carbons (Fsp3) is 0.615. The van der Waals surface area contributed by atoms with E-state index in [9.17, 15) is 4.79 Å². The van der Waals surface area contributed by atoms with Gasteiger partial charge in [0.05, 0.1) is 0 Å². The first kappa shape index (κ1) is 11.2. The summed E-state index contributed by atoms with van der Waals surface area (Å²) in [6.07, 6.45) is 9.85. The Hall–Kier alpha value is -0.900. The van der Waals surface area contributed by atoms with E-state index in [1.165, 1.54) is 19.3 Å². The van der Waals surface area contributed by atoms with E-state index in [2.05, 4.69) is 23.0 Å². The highest BCUT2D eigenvalue weighted by Gasteiger charge is 2.48. The molecule has 0 bridgehead atoms. The molecule has 1 atom stereocenters. The third-order valence-corrected chi connectivity index (χ3v) is 6.78. The number of rotatable bonds is 2. The number of carbonyl (C=O) groups excluding carboxylic acids is 1. The first-order chi connectivity index (χ1) is 8.31. The Morgan fingerprint density at radius 3 is 2.47 bits per heavy atom. The van der Waals surface area contributed by atoms with E-state index < -0.39 is 6.16 Å². The highest BCUT2D eigenvalue weighted by Crippen LogP contribution is 2.56. The average Bonchev–Trinajstić information content (AvgIpc) is 3.01. The molecular formula is C13H18O3S. The number of ether oxygens (including phenoxy) is 2. The van der Waals surface area contributed by atoms with Gasteiger partial charge in [-0.3, -0.25) is 0 Å². The van der Waals surface area contributed by atoms with E-state index in [1.807, 2.05) is 0 Å². The number of thiol groups is 1. The van der Waals surface area contributed by atoms with Crippen LogP contribution in [0.4, 0.5) is 4.79 Å². The molecule has 1 aliphatic carbocycles. The van der Waals surface area contributed by atoms with Crippen LogP contribution in [0.2, 0.25) is 0 Å². The van der Waals surface area contributed by atoms with Gasteiger partial charge in [-0.2, -0.15) is 0 Å². The van der Waals surface area contributed by atoms with Crippen LogP contribution in [0.1, 0.15) is 32.1 Å². The van der Waals surface area contributed by atoms with Gasteiger partial charge in [0, 0.05) is 4.75 Å². The molecule has 0 radical (unpaired) electrons. The summed E-state index contributed by atoms with van der Waals surface area (Å²) in [4.78, 5) is 11.2. The highest BCUT2D eigenvalue weighted by molar-refractivity contribution is 8.23. The SMILES string of the molecule is O=C1OCC(C2([SH]3C=CC=C3)CCCCC2)O1. The van der Waals surface area contributed by atoms with Crippen LogP contribution in [-0.2, 0) is 9.47 Å². The first-order valence-electron chi connectivity index (χ1n) is 6.28. The number of carbonyl (C=O) groups is 1. The third-order valence-electron chi connectivity index (χ3n) is 4.03. The zero-order valence-electron chi connectivity index (χ0n) is 9.80. The van der Waals surface area contributed by atoms with Gasteiger partial charge in [-0.1, -0.05) is 31.4 Å². The average molecular weight is 254 g/mol. The second kappa shape index (κ2) is 4.41. The molecule has 0 N–H and O–H groups in total. The van der Waals surface area contributed by atoms with Gasteiger partial charge < -0.3 is 9.47 Å². The summed E-state index contributed by atoms with van der Waals surface area (Å²) < 4.78 is 10.6. The standard InChI is InChI=1S/C13H18O3S/c14-12-15-10-11(16-12)13(6-2-1-3-7-13)17-8-4-5-9-17/h4-5,8-9,11,17H,1-3,6-7,10H2. The maximum atomic E-state index is 11.2. The minimum absolute atomic E-state index is 0.0335. The van der Waals surface area contributed by atoms with E-state index in [0.717, 1.165) is 12.8 Å². The molecule has 0 aromatic heterocycles. The lowest BCUT2D eigenvalue weighted by molar-refractivity contribution is 0.0974. The maximum absolute atomic E-state index is 11.2. The van der Waals surface area contributed by atoms with Gasteiger partial charge in [-0.05, 0) is 23.7 Å². The Balaban J connectivity index is 1.87. The van der Waals surface area contributed by atoms with Crippen LogP contribution in [-0.4, -0.2) is 23.6 Å². The molecule has 1 unspecified atom stereocenters. The fourth-order valence-electron chi connectivity index (χ4n) is 3.13. The lowest BCUT2D eigenvalue weighted by atomic mass is 9.84. The molecule has 94 valence electrons. The van der Waals surface area contributed by atoms with Crippen molar-refractivity contribution in [3.05, 3.63) is 23.0 Å². The van der Waals surface area contributed by atoms with Crippen LogP contribution in [0.25, 0.3) is 0 Å². The van der Waals surface area contributed by atoms with E-state index in [-0.39, 0.29) is 21.7 Å². The molecule has 3 nitrogen and oxygen atoms in total. The van der Waals surface area contributed by atoms with Crippen molar-refractivity contribution < 1.29 is 14.3 Å². The minimum Gasteiger partial charge on any atom is -0.430 e. The Morgan fingerprint density at radius 1 is 1.18 bits per heavy atom. The molecule has 4 heteroatoms. The Bertz CT molecular complexity index is 357. The number of cyclic esters (lactones) is 2. The van der Waals surface area contributed by atoms with Crippen LogP contribution >= 0.6 is 10.9 Å². The first-order valence-corrected chi connectivity index (χ1v) is 7.76. The molecule has 2 fully saturated rings. The van der Waals surface area contributed by atoms with Gasteiger partial charge >= 0.3 is 6.16 Å². The molecule has 3 rings (SSSR count). The van der Waals surface area contributed by atoms with Crippen molar-refractivity contribution in [2.24, 2.45) is 0 Å². The molecule has 3 aliphatic rings. The highest BCUT2D eigenvalue weighted by atomic mass is 32.2. The van der Waals surface area contributed by atoms with Gasteiger partial charge in [0.1, 0.15) is 6.61 Å². The monoisotopic (exact) mass is 254 g/mol. The van der Waals surface area contributed by atoms with Gasteiger partial charge in [0.2, 0.25) is 0 Å². The minimum atomic E-state index is -0.484. The summed E-state index contributed by atoms with van der Waals surface area (Å²) in [5.41, 5.74) is 0. The summed E-state index contributed by atoms with van der Waals surface area (Å²) in [5, 5.41) is 4.60. The smallest absolute Gasteiger partial charge is 0.430 e. The number of hydrogen-bond donors (Lipinski definition) is 1. The molecule has 0 aromatic rings. The molecule has 17 heavy (non-hydrogen) atoms. The summed E-state index contributed by atoms with van der Waals surface area (Å²) in [6.45, 7) is 0.444. The lowest BCUT2D eigenvalue weighted by Gasteiger charge is -2.45. The fourth-order valence-corrected chi connectivity index (χ4v) is 5.69. The van der Waals surface area contributed by atoms with E-state index in [0.29, 0.717) is 6.61 Å². The van der Waals surface area contributed by atoms with E-state index in [4.69, 9.17) is 9.47 Å². The molecule has 0 amide bonds. The van der Waals surface area contributed by atoms with Crippen LogP contribution in [0.3, 0.4) is 0 Å². The van der Waals surface area contributed by atoms with E-state index in [1.54, 1.807) is 0 Å². The summed E-state index contributed by atoms with van der Waals surface area (Å²) >= 11 is 0. The topological polar surface area (TPSA) is 35.5 Å².